The highest BCUT2D eigenvalue weighted by Gasteiger charge is 2.44. The highest BCUT2D eigenvalue weighted by atomic mass is 16.6. The molecule has 0 heterocycles. The Labute approximate surface area is 92.8 Å². The molecule has 0 bridgehead atoms. The maximum absolute atomic E-state index is 10.8. The van der Waals surface area contributed by atoms with Crippen molar-refractivity contribution in [2.24, 2.45) is 0 Å². The molecule has 86 valence electrons. The molecule has 0 saturated heterocycles. The Bertz CT molecular complexity index is 426. The molecule has 5 nitrogen and oxygen atoms in total. The molecule has 1 aliphatic rings. The van der Waals surface area contributed by atoms with E-state index in [1.807, 2.05) is 0 Å². The van der Waals surface area contributed by atoms with Crippen LogP contribution in [0.15, 0.2) is 18.2 Å². The summed E-state index contributed by atoms with van der Waals surface area (Å²) in [5, 5.41) is 20.1. The van der Waals surface area contributed by atoms with E-state index < -0.39 is 4.92 Å². The van der Waals surface area contributed by atoms with Gasteiger partial charge in [-0.2, -0.15) is 0 Å². The van der Waals surface area contributed by atoms with Crippen molar-refractivity contribution < 1.29 is 14.8 Å². The predicted molar refractivity (Wildman–Crippen MR) is 57.6 cm³/mol. The number of rotatable bonds is 4. The minimum atomic E-state index is -0.463. The molecule has 0 unspecified atom stereocenters. The van der Waals surface area contributed by atoms with Gasteiger partial charge in [-0.15, -0.1) is 0 Å². The standard InChI is InChI=1S/C11H13NO4/c1-16-10-3-2-8(6-9(10)12(14)15)11(7-13)4-5-11/h2-3,6,13H,4-5,7H2,1H3. The van der Waals surface area contributed by atoms with Gasteiger partial charge in [0.1, 0.15) is 0 Å². The first-order chi connectivity index (χ1) is 7.63. The molecule has 0 spiro atoms. The van der Waals surface area contributed by atoms with Gasteiger partial charge in [0.05, 0.1) is 18.6 Å². The summed E-state index contributed by atoms with van der Waals surface area (Å²) in [7, 11) is 1.40. The van der Waals surface area contributed by atoms with Gasteiger partial charge in [-0.05, 0) is 24.5 Å². The Kier molecular flexibility index (Phi) is 2.55. The molecule has 5 heteroatoms. The number of nitrogens with zero attached hydrogens (tertiary/aromatic N) is 1. The molecule has 1 aromatic rings. The third-order valence-electron chi connectivity index (χ3n) is 3.14. The number of nitro benzene ring substituents is 1. The Hall–Kier alpha value is -1.62. The van der Waals surface area contributed by atoms with Crippen LogP contribution in [0.5, 0.6) is 5.75 Å². The summed E-state index contributed by atoms with van der Waals surface area (Å²) in [5.41, 5.74) is 0.527. The molecule has 0 aliphatic heterocycles. The first-order valence-electron chi connectivity index (χ1n) is 5.07. The lowest BCUT2D eigenvalue weighted by Gasteiger charge is -2.12. The lowest BCUT2D eigenvalue weighted by atomic mass is 9.96. The molecule has 1 saturated carbocycles. The molecule has 16 heavy (non-hydrogen) atoms. The smallest absolute Gasteiger partial charge is 0.311 e. The molecule has 2 rings (SSSR count). The van der Waals surface area contributed by atoms with E-state index in [0.717, 1.165) is 18.4 Å². The van der Waals surface area contributed by atoms with Crippen molar-refractivity contribution in [3.8, 4) is 5.75 Å². The number of aliphatic hydroxyl groups is 1. The number of hydrogen-bond acceptors (Lipinski definition) is 4. The van der Waals surface area contributed by atoms with Crippen molar-refractivity contribution in [3.63, 3.8) is 0 Å². The summed E-state index contributed by atoms with van der Waals surface area (Å²) >= 11 is 0. The first-order valence-corrected chi connectivity index (χ1v) is 5.07. The molecule has 0 atom stereocenters. The van der Waals surface area contributed by atoms with Crippen molar-refractivity contribution >= 4 is 5.69 Å². The van der Waals surface area contributed by atoms with Crippen LogP contribution in [0.4, 0.5) is 5.69 Å². The van der Waals surface area contributed by atoms with Crippen LogP contribution in [0.1, 0.15) is 18.4 Å². The van der Waals surface area contributed by atoms with E-state index in [-0.39, 0.29) is 23.5 Å². The molecule has 1 fully saturated rings. The Morgan fingerprint density at radius 3 is 2.69 bits per heavy atom. The minimum absolute atomic E-state index is 0.0382. The lowest BCUT2D eigenvalue weighted by Crippen LogP contribution is -2.12. The predicted octanol–water partition coefficient (Wildman–Crippen LogP) is 1.63. The quantitative estimate of drug-likeness (QED) is 0.622. The summed E-state index contributed by atoms with van der Waals surface area (Å²) in [6.07, 6.45) is 1.76. The molecule has 0 amide bonds. The van der Waals surface area contributed by atoms with E-state index >= 15 is 0 Å². The van der Waals surface area contributed by atoms with Crippen LogP contribution in [0.3, 0.4) is 0 Å². The fourth-order valence-corrected chi connectivity index (χ4v) is 1.85. The largest absolute Gasteiger partial charge is 0.490 e. The normalized spacial score (nSPS) is 16.9. The van der Waals surface area contributed by atoms with Gasteiger partial charge in [-0.3, -0.25) is 10.1 Å². The van der Waals surface area contributed by atoms with Gasteiger partial charge in [0.25, 0.3) is 0 Å². The third kappa shape index (κ3) is 1.63. The van der Waals surface area contributed by atoms with Crippen LogP contribution in [0, 0.1) is 10.1 Å². The van der Waals surface area contributed by atoms with Gasteiger partial charge in [-0.25, -0.2) is 0 Å². The van der Waals surface area contributed by atoms with Crippen LogP contribution in [-0.4, -0.2) is 23.7 Å². The Balaban J connectivity index is 2.43. The maximum Gasteiger partial charge on any atom is 0.311 e. The van der Waals surface area contributed by atoms with Crippen LogP contribution >= 0.6 is 0 Å². The average Bonchev–Trinajstić information content (AvgIpc) is 3.09. The molecular weight excluding hydrogens is 210 g/mol. The van der Waals surface area contributed by atoms with Gasteiger partial charge in [0, 0.05) is 11.5 Å². The number of methoxy groups -OCH3 is 1. The van der Waals surface area contributed by atoms with E-state index in [9.17, 15) is 15.2 Å². The molecule has 1 aliphatic carbocycles. The highest BCUT2D eigenvalue weighted by Crippen LogP contribution is 2.49. The van der Waals surface area contributed by atoms with Gasteiger partial charge in [-0.1, -0.05) is 6.07 Å². The van der Waals surface area contributed by atoms with Crippen molar-refractivity contribution in [2.75, 3.05) is 13.7 Å². The number of hydrogen-bond donors (Lipinski definition) is 1. The minimum Gasteiger partial charge on any atom is -0.490 e. The summed E-state index contributed by atoms with van der Waals surface area (Å²) in [4.78, 5) is 10.4. The Morgan fingerprint density at radius 1 is 1.56 bits per heavy atom. The Morgan fingerprint density at radius 2 is 2.25 bits per heavy atom. The van der Waals surface area contributed by atoms with Crippen molar-refractivity contribution in [2.45, 2.75) is 18.3 Å². The zero-order valence-electron chi connectivity index (χ0n) is 8.97. The van der Waals surface area contributed by atoms with Crippen molar-refractivity contribution in [3.05, 3.63) is 33.9 Å². The molecule has 0 aromatic heterocycles. The van der Waals surface area contributed by atoms with Gasteiger partial charge < -0.3 is 9.84 Å². The molecule has 1 aromatic carbocycles. The lowest BCUT2D eigenvalue weighted by molar-refractivity contribution is -0.385. The van der Waals surface area contributed by atoms with E-state index in [0.29, 0.717) is 0 Å². The van der Waals surface area contributed by atoms with Crippen molar-refractivity contribution in [1.82, 2.24) is 0 Å². The highest BCUT2D eigenvalue weighted by molar-refractivity contribution is 5.51. The third-order valence-corrected chi connectivity index (χ3v) is 3.14. The fourth-order valence-electron chi connectivity index (χ4n) is 1.85. The van der Waals surface area contributed by atoms with Crippen LogP contribution in [0.25, 0.3) is 0 Å². The number of nitro groups is 1. The molecule has 1 N–H and O–H groups in total. The second-order valence-corrected chi connectivity index (χ2v) is 4.08. The summed E-state index contributed by atoms with van der Waals surface area (Å²) in [6, 6.07) is 4.88. The van der Waals surface area contributed by atoms with E-state index in [2.05, 4.69) is 0 Å². The monoisotopic (exact) mass is 223 g/mol. The van der Waals surface area contributed by atoms with Gasteiger partial charge >= 0.3 is 5.69 Å². The van der Waals surface area contributed by atoms with E-state index in [4.69, 9.17) is 4.74 Å². The van der Waals surface area contributed by atoms with Gasteiger partial charge in [0.2, 0.25) is 0 Å². The first kappa shape index (κ1) is 10.9. The number of benzene rings is 1. The number of aliphatic hydroxyl groups excluding tert-OH is 1. The fraction of sp³-hybridized carbons (Fsp3) is 0.455. The SMILES string of the molecule is COc1ccc(C2(CO)CC2)cc1[N+](=O)[O-]. The van der Waals surface area contributed by atoms with Crippen LogP contribution in [-0.2, 0) is 5.41 Å². The topological polar surface area (TPSA) is 72.6 Å². The summed E-state index contributed by atoms with van der Waals surface area (Å²) in [5.74, 6) is 0.252. The second kappa shape index (κ2) is 3.75. The van der Waals surface area contributed by atoms with Gasteiger partial charge in [0.15, 0.2) is 5.75 Å². The number of ether oxygens (including phenoxy) is 1. The molecule has 0 radical (unpaired) electrons. The maximum atomic E-state index is 10.8. The van der Waals surface area contributed by atoms with E-state index in [1.54, 1.807) is 12.1 Å². The van der Waals surface area contributed by atoms with Crippen LogP contribution in [0.2, 0.25) is 0 Å². The zero-order valence-corrected chi connectivity index (χ0v) is 8.97. The van der Waals surface area contributed by atoms with Crippen LogP contribution < -0.4 is 4.74 Å². The van der Waals surface area contributed by atoms with E-state index in [1.165, 1.54) is 13.2 Å². The zero-order chi connectivity index (χ0) is 11.8. The summed E-state index contributed by atoms with van der Waals surface area (Å²) < 4.78 is 4.92. The summed E-state index contributed by atoms with van der Waals surface area (Å²) in [6.45, 7) is 0.0382. The average molecular weight is 223 g/mol. The second-order valence-electron chi connectivity index (χ2n) is 4.08. The molecular formula is C11H13NO4. The van der Waals surface area contributed by atoms with Crippen molar-refractivity contribution in [1.29, 1.82) is 0 Å².